The van der Waals surface area contributed by atoms with E-state index in [0.717, 1.165) is 29.4 Å². The number of phenolic OH excluding ortho intramolecular Hbond substituents is 1. The van der Waals surface area contributed by atoms with E-state index in [4.69, 9.17) is 0 Å². The van der Waals surface area contributed by atoms with Crippen LogP contribution >= 0.6 is 0 Å². The van der Waals surface area contributed by atoms with Gasteiger partial charge in [0.2, 0.25) is 0 Å². The lowest BCUT2D eigenvalue weighted by Gasteiger charge is -2.34. The van der Waals surface area contributed by atoms with Crippen molar-refractivity contribution in [3.8, 4) is 11.4 Å². The molecule has 0 amide bonds. The van der Waals surface area contributed by atoms with Crippen LogP contribution in [0.4, 0.5) is 0 Å². The molecule has 0 fully saturated rings. The van der Waals surface area contributed by atoms with Crippen LogP contribution in [0.1, 0.15) is 78.4 Å². The highest BCUT2D eigenvalue weighted by molar-refractivity contribution is 5.73. The number of hydrogen-bond acceptors (Lipinski definition) is 3. The number of hydrogen-bond donors (Lipinski definition) is 1. The zero-order valence-electron chi connectivity index (χ0n) is 18.2. The van der Waals surface area contributed by atoms with Crippen molar-refractivity contribution in [3.63, 3.8) is 0 Å². The molecular weight excluding hydrogens is 346 g/mol. The topological polar surface area (TPSA) is 50.9 Å². The van der Waals surface area contributed by atoms with Crippen LogP contribution in [0.2, 0.25) is 0 Å². The SMILES string of the molecule is CCC(C)c1cc(C(C)(C)CC(C)(C)C)cc(-n2nc3ccccc3n2)c1O. The van der Waals surface area contributed by atoms with Crippen molar-refractivity contribution >= 4 is 11.0 Å². The van der Waals surface area contributed by atoms with E-state index in [1.54, 1.807) is 4.80 Å². The molecule has 3 rings (SSSR count). The van der Waals surface area contributed by atoms with Crippen LogP contribution in [-0.4, -0.2) is 20.1 Å². The van der Waals surface area contributed by atoms with Crippen molar-refractivity contribution in [3.05, 3.63) is 47.5 Å². The molecule has 0 radical (unpaired) electrons. The van der Waals surface area contributed by atoms with E-state index < -0.39 is 0 Å². The lowest BCUT2D eigenvalue weighted by Crippen LogP contribution is -2.25. The molecule has 0 saturated heterocycles. The summed E-state index contributed by atoms with van der Waals surface area (Å²) in [6.45, 7) is 15.7. The second-order valence-corrected chi connectivity index (χ2v) is 9.84. The minimum absolute atomic E-state index is 0.0323. The highest BCUT2D eigenvalue weighted by atomic mass is 16.3. The van der Waals surface area contributed by atoms with Gasteiger partial charge >= 0.3 is 0 Å². The third-order valence-corrected chi connectivity index (χ3v) is 5.52. The Kier molecular flexibility index (Phi) is 5.26. The second-order valence-electron chi connectivity index (χ2n) is 9.84. The minimum atomic E-state index is -0.0323. The summed E-state index contributed by atoms with van der Waals surface area (Å²) in [5.41, 5.74) is 4.67. The zero-order chi connectivity index (χ0) is 20.7. The molecule has 1 aromatic heterocycles. The molecule has 0 aliphatic carbocycles. The maximum Gasteiger partial charge on any atom is 0.146 e. The Morgan fingerprint density at radius 3 is 2.07 bits per heavy atom. The molecule has 1 N–H and O–H groups in total. The predicted octanol–water partition coefficient (Wildman–Crippen LogP) is 6.35. The van der Waals surface area contributed by atoms with Gasteiger partial charge in [0.1, 0.15) is 22.5 Å². The van der Waals surface area contributed by atoms with Gasteiger partial charge in [0.15, 0.2) is 0 Å². The van der Waals surface area contributed by atoms with E-state index in [1.807, 2.05) is 24.3 Å². The number of aromatic nitrogens is 3. The predicted molar refractivity (Wildman–Crippen MR) is 116 cm³/mol. The van der Waals surface area contributed by atoms with Crippen LogP contribution in [0, 0.1) is 5.41 Å². The quantitative estimate of drug-likeness (QED) is 0.561. The van der Waals surface area contributed by atoms with Gasteiger partial charge in [0, 0.05) is 0 Å². The maximum absolute atomic E-state index is 11.1. The number of phenols is 1. The van der Waals surface area contributed by atoms with Crippen molar-refractivity contribution < 1.29 is 5.11 Å². The van der Waals surface area contributed by atoms with Gasteiger partial charge in [-0.3, -0.25) is 0 Å². The van der Waals surface area contributed by atoms with Gasteiger partial charge < -0.3 is 5.11 Å². The van der Waals surface area contributed by atoms with Crippen LogP contribution in [0.15, 0.2) is 36.4 Å². The first kappa shape index (κ1) is 20.4. The summed E-state index contributed by atoms with van der Waals surface area (Å²) in [6.07, 6.45) is 2.00. The molecule has 4 nitrogen and oxygen atoms in total. The van der Waals surface area contributed by atoms with Gasteiger partial charge in [-0.15, -0.1) is 15.0 Å². The summed E-state index contributed by atoms with van der Waals surface area (Å²) < 4.78 is 0. The van der Waals surface area contributed by atoms with Gasteiger partial charge in [-0.05, 0) is 58.9 Å². The maximum atomic E-state index is 11.1. The van der Waals surface area contributed by atoms with E-state index in [-0.39, 0.29) is 22.5 Å². The average Bonchev–Trinajstić information content (AvgIpc) is 3.02. The minimum Gasteiger partial charge on any atom is -0.505 e. The van der Waals surface area contributed by atoms with Crippen molar-refractivity contribution in [2.45, 2.75) is 72.6 Å². The fourth-order valence-electron chi connectivity index (χ4n) is 4.18. The Morgan fingerprint density at radius 2 is 1.57 bits per heavy atom. The average molecular weight is 380 g/mol. The molecular formula is C24H33N3O. The Bertz CT molecular complexity index is 946. The van der Waals surface area contributed by atoms with Gasteiger partial charge in [0.25, 0.3) is 0 Å². The van der Waals surface area contributed by atoms with E-state index in [0.29, 0.717) is 5.69 Å². The Balaban J connectivity index is 2.21. The third kappa shape index (κ3) is 4.06. The molecule has 4 heteroatoms. The van der Waals surface area contributed by atoms with Gasteiger partial charge in [-0.1, -0.05) is 66.7 Å². The molecule has 0 saturated carbocycles. The monoisotopic (exact) mass is 379 g/mol. The molecule has 150 valence electrons. The largest absolute Gasteiger partial charge is 0.505 e. The normalized spacial score (nSPS) is 13.8. The molecule has 1 unspecified atom stereocenters. The molecule has 0 aliphatic heterocycles. The number of fused-ring (bicyclic) bond motifs is 1. The fourth-order valence-corrected chi connectivity index (χ4v) is 4.18. The summed E-state index contributed by atoms with van der Waals surface area (Å²) in [5, 5.41) is 20.3. The molecule has 3 aromatic rings. The molecule has 0 aliphatic rings. The van der Waals surface area contributed by atoms with Gasteiger partial charge in [0.05, 0.1) is 0 Å². The summed E-state index contributed by atoms with van der Waals surface area (Å²) in [4.78, 5) is 1.59. The first-order valence-electron chi connectivity index (χ1n) is 10.2. The highest BCUT2D eigenvalue weighted by Gasteiger charge is 2.30. The van der Waals surface area contributed by atoms with Crippen LogP contribution in [0.5, 0.6) is 5.75 Å². The van der Waals surface area contributed by atoms with Crippen LogP contribution < -0.4 is 0 Å². The van der Waals surface area contributed by atoms with E-state index in [1.165, 1.54) is 5.56 Å². The smallest absolute Gasteiger partial charge is 0.146 e. The first-order chi connectivity index (χ1) is 13.0. The molecule has 0 bridgehead atoms. The van der Waals surface area contributed by atoms with Crippen LogP contribution in [-0.2, 0) is 5.41 Å². The standard InChI is InChI=1S/C24H33N3O/c1-8-16(2)18-13-17(24(6,7)15-23(3,4)5)14-21(22(18)28)27-25-19-11-9-10-12-20(19)26-27/h9-14,16,28H,8,15H2,1-7H3. The van der Waals surface area contributed by atoms with Crippen molar-refractivity contribution in [1.29, 1.82) is 0 Å². The number of benzene rings is 2. The first-order valence-corrected chi connectivity index (χ1v) is 10.2. The van der Waals surface area contributed by atoms with Gasteiger partial charge in [-0.25, -0.2) is 0 Å². The lowest BCUT2D eigenvalue weighted by atomic mass is 9.71. The van der Waals surface area contributed by atoms with Crippen LogP contribution in [0.3, 0.4) is 0 Å². The van der Waals surface area contributed by atoms with E-state index >= 15 is 0 Å². The molecule has 28 heavy (non-hydrogen) atoms. The Morgan fingerprint density at radius 1 is 1.00 bits per heavy atom. The van der Waals surface area contributed by atoms with Gasteiger partial charge in [-0.2, -0.15) is 0 Å². The lowest BCUT2D eigenvalue weighted by molar-refractivity contribution is 0.283. The van der Waals surface area contributed by atoms with E-state index in [2.05, 4.69) is 70.8 Å². The Hall–Kier alpha value is -2.36. The Labute approximate surface area is 168 Å². The summed E-state index contributed by atoms with van der Waals surface area (Å²) in [7, 11) is 0. The molecule has 0 spiro atoms. The second kappa shape index (κ2) is 7.23. The third-order valence-electron chi connectivity index (χ3n) is 5.52. The molecule has 1 heterocycles. The zero-order valence-corrected chi connectivity index (χ0v) is 18.2. The fraction of sp³-hybridized carbons (Fsp3) is 0.500. The van der Waals surface area contributed by atoms with Crippen molar-refractivity contribution in [1.82, 2.24) is 15.0 Å². The summed E-state index contributed by atoms with van der Waals surface area (Å²) >= 11 is 0. The number of rotatable bonds is 5. The van der Waals surface area contributed by atoms with Crippen molar-refractivity contribution in [2.24, 2.45) is 5.41 Å². The number of aromatic hydroxyl groups is 1. The highest BCUT2D eigenvalue weighted by Crippen LogP contribution is 2.41. The molecule has 1 atom stereocenters. The van der Waals surface area contributed by atoms with Crippen molar-refractivity contribution in [2.75, 3.05) is 0 Å². The summed E-state index contributed by atoms with van der Waals surface area (Å²) in [6, 6.07) is 12.0. The van der Waals surface area contributed by atoms with E-state index in [9.17, 15) is 5.11 Å². The molecule has 2 aromatic carbocycles. The van der Waals surface area contributed by atoms with Crippen LogP contribution in [0.25, 0.3) is 16.7 Å². The summed E-state index contributed by atoms with van der Waals surface area (Å²) in [5.74, 6) is 0.541. The number of nitrogens with zero attached hydrogens (tertiary/aromatic N) is 3.